The number of para-hydroxylation sites is 4. The van der Waals surface area contributed by atoms with Gasteiger partial charge in [-0.1, -0.05) is 115 Å². The molecule has 0 saturated carbocycles. The van der Waals surface area contributed by atoms with Crippen molar-refractivity contribution < 1.29 is 0 Å². The summed E-state index contributed by atoms with van der Waals surface area (Å²) in [5.74, 6) is 0. The molecule has 0 saturated heterocycles. The third-order valence-electron chi connectivity index (χ3n) is 10.1. The van der Waals surface area contributed by atoms with Crippen molar-refractivity contribution in [1.82, 2.24) is 9.13 Å². The van der Waals surface area contributed by atoms with Crippen LogP contribution < -0.4 is 4.90 Å². The Morgan fingerprint density at radius 2 is 0.725 bits per heavy atom. The molecule has 2 aromatic heterocycles. The third kappa shape index (κ3) is 4.82. The average Bonchev–Trinajstić information content (AvgIpc) is 3.72. The number of anilines is 3. The van der Waals surface area contributed by atoms with Crippen LogP contribution >= 0.6 is 0 Å². The smallest absolute Gasteiger partial charge is 0.0542 e. The molecule has 0 N–H and O–H groups in total. The second kappa shape index (κ2) is 11.9. The average molecular weight is 652 g/mol. The van der Waals surface area contributed by atoms with Gasteiger partial charge in [-0.05, 0) is 96.1 Å². The van der Waals surface area contributed by atoms with E-state index in [1.54, 1.807) is 0 Å². The molecule has 51 heavy (non-hydrogen) atoms. The van der Waals surface area contributed by atoms with Crippen molar-refractivity contribution in [1.29, 1.82) is 0 Å². The number of rotatable bonds is 6. The van der Waals surface area contributed by atoms with Crippen LogP contribution in [0.3, 0.4) is 0 Å². The van der Waals surface area contributed by atoms with E-state index in [2.05, 4.69) is 214 Å². The van der Waals surface area contributed by atoms with Crippen molar-refractivity contribution in [3.05, 3.63) is 200 Å². The summed E-state index contributed by atoms with van der Waals surface area (Å²) >= 11 is 0. The molecule has 0 amide bonds. The molecule has 0 aliphatic heterocycles. The first-order chi connectivity index (χ1) is 25.3. The number of hydrogen-bond acceptors (Lipinski definition) is 1. The fourth-order valence-corrected chi connectivity index (χ4v) is 7.81. The van der Waals surface area contributed by atoms with Crippen LogP contribution in [0, 0.1) is 0 Å². The maximum atomic E-state index is 2.39. The van der Waals surface area contributed by atoms with Crippen molar-refractivity contribution in [3.8, 4) is 22.5 Å². The van der Waals surface area contributed by atoms with Crippen LogP contribution in [0.1, 0.15) is 0 Å². The molecule has 0 aliphatic rings. The van der Waals surface area contributed by atoms with Gasteiger partial charge in [0.1, 0.15) is 0 Å². The van der Waals surface area contributed by atoms with Gasteiger partial charge in [-0.2, -0.15) is 0 Å². The summed E-state index contributed by atoms with van der Waals surface area (Å²) in [6.07, 6.45) is 0. The molecular formula is C48H33N3. The van der Waals surface area contributed by atoms with E-state index in [9.17, 15) is 0 Å². The molecule has 10 rings (SSSR count). The summed E-state index contributed by atoms with van der Waals surface area (Å²) in [7, 11) is 0. The normalized spacial score (nSPS) is 11.5. The van der Waals surface area contributed by atoms with Gasteiger partial charge in [-0.3, -0.25) is 0 Å². The molecule has 0 spiro atoms. The van der Waals surface area contributed by atoms with Gasteiger partial charge in [0.15, 0.2) is 0 Å². The van der Waals surface area contributed by atoms with E-state index in [-0.39, 0.29) is 0 Å². The van der Waals surface area contributed by atoms with E-state index >= 15 is 0 Å². The quantitative estimate of drug-likeness (QED) is 0.174. The van der Waals surface area contributed by atoms with Crippen molar-refractivity contribution in [2.24, 2.45) is 0 Å². The number of hydrogen-bond donors (Lipinski definition) is 0. The lowest BCUT2D eigenvalue weighted by molar-refractivity contribution is 1.17. The van der Waals surface area contributed by atoms with Gasteiger partial charge in [0.05, 0.1) is 22.1 Å². The minimum Gasteiger partial charge on any atom is -0.310 e. The molecule has 0 radical (unpaired) electrons. The SMILES string of the molecule is c1ccc(-c2cccc(N(c3ccc(-n4c5ccccc5c5ccccc54)cc3)c3ccc4c(c3)c3ccccc3n4-c3ccccc3)c2)cc1. The highest BCUT2D eigenvalue weighted by Crippen LogP contribution is 2.41. The van der Waals surface area contributed by atoms with Crippen molar-refractivity contribution in [3.63, 3.8) is 0 Å². The van der Waals surface area contributed by atoms with Gasteiger partial charge < -0.3 is 14.0 Å². The molecule has 3 nitrogen and oxygen atoms in total. The number of aromatic nitrogens is 2. The van der Waals surface area contributed by atoms with Gasteiger partial charge in [0.25, 0.3) is 0 Å². The number of benzene rings is 8. The van der Waals surface area contributed by atoms with Gasteiger partial charge in [0.2, 0.25) is 0 Å². The lowest BCUT2D eigenvalue weighted by Gasteiger charge is -2.26. The summed E-state index contributed by atoms with van der Waals surface area (Å²) in [5.41, 5.74) is 12.8. The van der Waals surface area contributed by atoms with E-state index in [1.807, 2.05) is 0 Å². The Labute approximate surface area is 296 Å². The van der Waals surface area contributed by atoms with E-state index in [0.29, 0.717) is 0 Å². The van der Waals surface area contributed by atoms with Gasteiger partial charge in [0, 0.05) is 50.0 Å². The van der Waals surface area contributed by atoms with Crippen LogP contribution in [0.4, 0.5) is 17.1 Å². The fraction of sp³-hybridized carbons (Fsp3) is 0. The second-order valence-corrected chi connectivity index (χ2v) is 13.0. The highest BCUT2D eigenvalue weighted by atomic mass is 15.1. The predicted molar refractivity (Wildman–Crippen MR) is 215 cm³/mol. The van der Waals surface area contributed by atoms with Crippen LogP contribution in [0.15, 0.2) is 200 Å². The maximum absolute atomic E-state index is 2.39. The Balaban J connectivity index is 1.16. The summed E-state index contributed by atoms with van der Waals surface area (Å²) in [5, 5.41) is 4.98. The predicted octanol–water partition coefficient (Wildman–Crippen LogP) is 13.0. The Hall–Kier alpha value is -6.84. The summed E-state index contributed by atoms with van der Waals surface area (Å²) in [6.45, 7) is 0. The summed E-state index contributed by atoms with van der Waals surface area (Å²) in [6, 6.07) is 72.1. The van der Waals surface area contributed by atoms with Crippen LogP contribution in [-0.4, -0.2) is 9.13 Å². The van der Waals surface area contributed by atoms with Crippen LogP contribution in [0.2, 0.25) is 0 Å². The molecule has 0 atom stereocenters. The molecule has 240 valence electrons. The Morgan fingerprint density at radius 3 is 1.35 bits per heavy atom. The molecule has 3 heteroatoms. The highest BCUT2D eigenvalue weighted by molar-refractivity contribution is 6.11. The Kier molecular flexibility index (Phi) is 6.81. The van der Waals surface area contributed by atoms with E-state index < -0.39 is 0 Å². The monoisotopic (exact) mass is 651 g/mol. The van der Waals surface area contributed by atoms with Gasteiger partial charge in [-0.25, -0.2) is 0 Å². The first kappa shape index (κ1) is 29.1. The van der Waals surface area contributed by atoms with Gasteiger partial charge >= 0.3 is 0 Å². The zero-order valence-electron chi connectivity index (χ0n) is 27.9. The third-order valence-corrected chi connectivity index (χ3v) is 10.1. The lowest BCUT2D eigenvalue weighted by Crippen LogP contribution is -2.10. The minimum atomic E-state index is 1.09. The highest BCUT2D eigenvalue weighted by Gasteiger charge is 2.19. The fourth-order valence-electron chi connectivity index (χ4n) is 7.81. The molecule has 0 fully saturated rings. The van der Waals surface area contributed by atoms with Crippen molar-refractivity contribution >= 4 is 60.7 Å². The van der Waals surface area contributed by atoms with E-state index in [4.69, 9.17) is 0 Å². The molecule has 0 aliphatic carbocycles. The minimum absolute atomic E-state index is 1.09. The second-order valence-electron chi connectivity index (χ2n) is 13.0. The van der Waals surface area contributed by atoms with E-state index in [0.717, 1.165) is 28.4 Å². The Morgan fingerprint density at radius 1 is 0.275 bits per heavy atom. The molecule has 0 unspecified atom stereocenters. The number of nitrogens with zero attached hydrogens (tertiary/aromatic N) is 3. The summed E-state index contributed by atoms with van der Waals surface area (Å²) < 4.78 is 4.74. The van der Waals surface area contributed by atoms with Crippen LogP contribution in [0.5, 0.6) is 0 Å². The molecule has 0 bridgehead atoms. The molecule has 8 aromatic carbocycles. The standard InChI is InChI=1S/C48H33N3/c1-3-14-34(15-4-1)35-16-13-19-39(32-35)49(37-26-28-38(29-27-37)51-45-23-10-7-20-41(45)42-21-8-11-24-46(42)51)40-30-31-48-44(33-40)43-22-9-12-25-47(43)50(48)36-17-5-2-6-18-36/h1-33H. The molecule has 10 aromatic rings. The number of fused-ring (bicyclic) bond motifs is 6. The lowest BCUT2D eigenvalue weighted by atomic mass is 10.0. The van der Waals surface area contributed by atoms with Crippen LogP contribution in [0.25, 0.3) is 66.1 Å². The first-order valence-corrected chi connectivity index (χ1v) is 17.4. The van der Waals surface area contributed by atoms with Gasteiger partial charge in [-0.15, -0.1) is 0 Å². The molecular weight excluding hydrogens is 619 g/mol. The zero-order chi connectivity index (χ0) is 33.7. The van der Waals surface area contributed by atoms with Crippen molar-refractivity contribution in [2.45, 2.75) is 0 Å². The largest absolute Gasteiger partial charge is 0.310 e. The van der Waals surface area contributed by atoms with Crippen LogP contribution in [-0.2, 0) is 0 Å². The zero-order valence-corrected chi connectivity index (χ0v) is 27.9. The Bertz CT molecular complexity index is 2790. The molecule has 2 heterocycles. The van der Waals surface area contributed by atoms with Crippen molar-refractivity contribution in [2.75, 3.05) is 4.90 Å². The van der Waals surface area contributed by atoms with E-state index in [1.165, 1.54) is 54.7 Å². The summed E-state index contributed by atoms with van der Waals surface area (Å²) in [4.78, 5) is 2.39. The maximum Gasteiger partial charge on any atom is 0.0542 e. The first-order valence-electron chi connectivity index (χ1n) is 17.4. The topological polar surface area (TPSA) is 13.1 Å².